The molecule has 2 aromatic heterocycles. The van der Waals surface area contributed by atoms with Crippen LogP contribution in [0.25, 0.3) is 28.3 Å². The van der Waals surface area contributed by atoms with Gasteiger partial charge in [-0.2, -0.15) is 9.61 Å². The van der Waals surface area contributed by atoms with Crippen molar-refractivity contribution < 1.29 is 17.2 Å². The van der Waals surface area contributed by atoms with Gasteiger partial charge in [-0.05, 0) is 55.0 Å². The zero-order chi connectivity index (χ0) is 19.2. The Balaban J connectivity index is 1.93. The van der Waals surface area contributed by atoms with Crippen molar-refractivity contribution in [2.24, 2.45) is 0 Å². The lowest BCUT2D eigenvalue weighted by Crippen LogP contribution is -1.96. The third-order valence-electron chi connectivity index (χ3n) is 4.39. The van der Waals surface area contributed by atoms with Gasteiger partial charge in [-0.1, -0.05) is 6.92 Å². The first-order valence-corrected chi connectivity index (χ1v) is 10.3. The zero-order valence-electron chi connectivity index (χ0n) is 14.8. The third-order valence-corrected chi connectivity index (χ3v) is 5.51. The highest BCUT2D eigenvalue weighted by molar-refractivity contribution is 7.90. The lowest BCUT2D eigenvalue weighted by Gasteiger charge is -2.05. The van der Waals surface area contributed by atoms with Crippen LogP contribution in [0.4, 0.5) is 4.39 Å². The fraction of sp³-hybridized carbons (Fsp3) is 0.150. The number of nitrogens with zero attached hydrogens (tertiary/aromatic N) is 2. The minimum Gasteiger partial charge on any atom is -0.436 e. The summed E-state index contributed by atoms with van der Waals surface area (Å²) in [7, 11) is -3.28. The molecule has 0 bridgehead atoms. The van der Waals surface area contributed by atoms with E-state index in [9.17, 15) is 12.8 Å². The van der Waals surface area contributed by atoms with Gasteiger partial charge in [-0.3, -0.25) is 0 Å². The predicted octanol–water partition coefficient (Wildman–Crippen LogP) is 4.37. The Morgan fingerprint density at radius 3 is 2.26 bits per heavy atom. The summed E-state index contributed by atoms with van der Waals surface area (Å²) in [4.78, 5) is 0.235. The number of sulfone groups is 1. The van der Waals surface area contributed by atoms with Gasteiger partial charge in [-0.15, -0.1) is 0 Å². The van der Waals surface area contributed by atoms with Gasteiger partial charge in [0.05, 0.1) is 10.6 Å². The highest BCUT2D eigenvalue weighted by Gasteiger charge is 2.20. The molecule has 0 atom stereocenters. The van der Waals surface area contributed by atoms with E-state index in [0.717, 1.165) is 17.7 Å². The van der Waals surface area contributed by atoms with Gasteiger partial charge in [0.2, 0.25) is 5.71 Å². The number of halogens is 1. The van der Waals surface area contributed by atoms with Crippen molar-refractivity contribution in [2.75, 3.05) is 6.26 Å². The molecule has 138 valence electrons. The van der Waals surface area contributed by atoms with Crippen LogP contribution in [0.3, 0.4) is 0 Å². The molecule has 0 aliphatic heterocycles. The first-order chi connectivity index (χ1) is 12.9. The summed E-state index contributed by atoms with van der Waals surface area (Å²) >= 11 is 0. The number of benzene rings is 2. The Morgan fingerprint density at radius 1 is 1.04 bits per heavy atom. The minimum atomic E-state index is -3.28. The van der Waals surface area contributed by atoms with E-state index >= 15 is 0 Å². The average Bonchev–Trinajstić information content (AvgIpc) is 3.19. The van der Waals surface area contributed by atoms with Crippen LogP contribution in [-0.4, -0.2) is 24.3 Å². The molecule has 0 radical (unpaired) electrons. The monoisotopic (exact) mass is 384 g/mol. The summed E-state index contributed by atoms with van der Waals surface area (Å²) in [5.41, 5.74) is 3.62. The van der Waals surface area contributed by atoms with Crippen LogP contribution in [0, 0.1) is 5.82 Å². The number of aromatic nitrogens is 2. The molecule has 4 rings (SSSR count). The molecule has 0 fully saturated rings. The summed E-state index contributed by atoms with van der Waals surface area (Å²) in [5.74, 6) is 0.221. The number of hydrogen-bond acceptors (Lipinski definition) is 4. The van der Waals surface area contributed by atoms with Gasteiger partial charge in [0.15, 0.2) is 15.6 Å². The van der Waals surface area contributed by atoms with E-state index in [1.54, 1.807) is 40.9 Å². The summed E-state index contributed by atoms with van der Waals surface area (Å²) in [6.07, 6.45) is 1.93. The highest BCUT2D eigenvalue weighted by atomic mass is 32.2. The van der Waals surface area contributed by atoms with Crippen LogP contribution in [-0.2, 0) is 16.3 Å². The van der Waals surface area contributed by atoms with Gasteiger partial charge < -0.3 is 4.42 Å². The van der Waals surface area contributed by atoms with E-state index in [2.05, 4.69) is 5.10 Å². The van der Waals surface area contributed by atoms with E-state index < -0.39 is 9.84 Å². The SMILES string of the molecule is CCc1cc2oc(-c3ccc(S(C)(=O)=O)cc3)c(-c3ccc(F)cc3)n2n1. The maximum Gasteiger partial charge on any atom is 0.223 e. The van der Waals surface area contributed by atoms with Crippen molar-refractivity contribution in [1.29, 1.82) is 0 Å². The Kier molecular flexibility index (Phi) is 4.11. The Bertz CT molecular complexity index is 1220. The summed E-state index contributed by atoms with van der Waals surface area (Å²) in [6.45, 7) is 2.00. The van der Waals surface area contributed by atoms with Crippen LogP contribution in [0.2, 0.25) is 0 Å². The lowest BCUT2D eigenvalue weighted by atomic mass is 10.1. The molecule has 5 nitrogen and oxygen atoms in total. The van der Waals surface area contributed by atoms with Crippen molar-refractivity contribution in [3.8, 4) is 22.6 Å². The van der Waals surface area contributed by atoms with Crippen LogP contribution in [0.5, 0.6) is 0 Å². The largest absolute Gasteiger partial charge is 0.436 e. The predicted molar refractivity (Wildman–Crippen MR) is 101 cm³/mol. The molecule has 0 saturated carbocycles. The van der Waals surface area contributed by atoms with Gasteiger partial charge in [0, 0.05) is 23.4 Å². The Labute approximate surface area is 156 Å². The Morgan fingerprint density at radius 2 is 1.67 bits per heavy atom. The molecule has 7 heteroatoms. The summed E-state index contributed by atoms with van der Waals surface area (Å²) in [6, 6.07) is 14.4. The standard InChI is InChI=1S/C20H17FN2O3S/c1-3-16-12-18-23(22-16)19(13-4-8-15(21)9-5-13)20(26-18)14-6-10-17(11-7-14)27(2,24)25/h4-12H,3H2,1-2H3. The molecular weight excluding hydrogens is 367 g/mol. The van der Waals surface area contributed by atoms with Crippen LogP contribution in [0.15, 0.2) is 63.9 Å². The van der Waals surface area contributed by atoms with Crippen molar-refractivity contribution in [1.82, 2.24) is 9.61 Å². The summed E-state index contributed by atoms with van der Waals surface area (Å²) < 4.78 is 44.5. The third kappa shape index (κ3) is 3.14. The van der Waals surface area contributed by atoms with Gasteiger partial charge >= 0.3 is 0 Å². The molecule has 4 aromatic rings. The molecule has 0 N–H and O–H groups in total. The van der Waals surface area contributed by atoms with Crippen molar-refractivity contribution >= 4 is 15.6 Å². The van der Waals surface area contributed by atoms with E-state index in [1.165, 1.54) is 18.4 Å². The first kappa shape index (κ1) is 17.5. The van der Waals surface area contributed by atoms with Crippen LogP contribution in [0.1, 0.15) is 12.6 Å². The smallest absolute Gasteiger partial charge is 0.223 e. The van der Waals surface area contributed by atoms with Crippen molar-refractivity contribution in [3.05, 3.63) is 66.1 Å². The number of fused-ring (bicyclic) bond motifs is 1. The molecule has 0 unspecified atom stereocenters. The molecule has 0 amide bonds. The molecule has 27 heavy (non-hydrogen) atoms. The highest BCUT2D eigenvalue weighted by Crippen LogP contribution is 2.36. The van der Waals surface area contributed by atoms with Crippen molar-refractivity contribution in [3.63, 3.8) is 0 Å². The maximum absolute atomic E-state index is 13.4. The van der Waals surface area contributed by atoms with Gasteiger partial charge in [-0.25, -0.2) is 12.8 Å². The number of hydrogen-bond donors (Lipinski definition) is 0. The Hall–Kier alpha value is -2.93. The fourth-order valence-electron chi connectivity index (χ4n) is 2.98. The van der Waals surface area contributed by atoms with Crippen molar-refractivity contribution in [2.45, 2.75) is 18.2 Å². The first-order valence-electron chi connectivity index (χ1n) is 8.44. The molecule has 0 aliphatic rings. The fourth-order valence-corrected chi connectivity index (χ4v) is 3.61. The van der Waals surface area contributed by atoms with E-state index in [4.69, 9.17) is 4.42 Å². The average molecular weight is 384 g/mol. The minimum absolute atomic E-state index is 0.235. The van der Waals surface area contributed by atoms with E-state index in [1.807, 2.05) is 13.0 Å². The second kappa shape index (κ2) is 6.35. The van der Waals surface area contributed by atoms with E-state index in [-0.39, 0.29) is 10.7 Å². The number of rotatable bonds is 4. The molecule has 0 aliphatic carbocycles. The topological polar surface area (TPSA) is 64.6 Å². The van der Waals surface area contributed by atoms with Gasteiger partial charge in [0.1, 0.15) is 11.5 Å². The molecule has 0 saturated heterocycles. The molecule has 0 spiro atoms. The van der Waals surface area contributed by atoms with Crippen LogP contribution < -0.4 is 0 Å². The zero-order valence-corrected chi connectivity index (χ0v) is 15.6. The molecule has 2 aromatic carbocycles. The number of aryl methyl sites for hydroxylation is 1. The molecule has 2 heterocycles. The maximum atomic E-state index is 13.4. The van der Waals surface area contributed by atoms with Crippen LogP contribution >= 0.6 is 0 Å². The summed E-state index contributed by atoms with van der Waals surface area (Å²) in [5, 5.41) is 4.57. The normalized spacial score (nSPS) is 12.0. The second-order valence-electron chi connectivity index (χ2n) is 6.32. The number of oxazole rings is 1. The van der Waals surface area contributed by atoms with E-state index in [0.29, 0.717) is 22.7 Å². The second-order valence-corrected chi connectivity index (χ2v) is 8.34. The van der Waals surface area contributed by atoms with Gasteiger partial charge in [0.25, 0.3) is 0 Å². The molecular formula is C20H17FN2O3S. The quantitative estimate of drug-likeness (QED) is 0.524. The lowest BCUT2D eigenvalue weighted by molar-refractivity contribution is 0.601.